The summed E-state index contributed by atoms with van der Waals surface area (Å²) in [5.74, 6) is -0.454. The molecule has 0 aliphatic carbocycles. The highest BCUT2D eigenvalue weighted by Crippen LogP contribution is 2.16. The summed E-state index contributed by atoms with van der Waals surface area (Å²) in [6.45, 7) is 1.47. The van der Waals surface area contributed by atoms with Gasteiger partial charge in [-0.05, 0) is 31.2 Å². The predicted octanol–water partition coefficient (Wildman–Crippen LogP) is 3.90. The molecular formula is C20H18N2O3. The molecule has 1 aromatic heterocycles. The highest BCUT2D eigenvalue weighted by atomic mass is 16.2. The number of aromatic nitrogens is 1. The minimum atomic E-state index is -0.259. The molecule has 0 spiro atoms. The van der Waals surface area contributed by atoms with Crippen LogP contribution >= 0.6 is 0 Å². The normalized spacial score (nSPS) is 10.6. The summed E-state index contributed by atoms with van der Waals surface area (Å²) in [6, 6.07) is 16.2. The second kappa shape index (κ2) is 7.13. The lowest BCUT2D eigenvalue weighted by Crippen LogP contribution is -2.16. The molecule has 0 saturated heterocycles. The molecular weight excluding hydrogens is 316 g/mol. The van der Waals surface area contributed by atoms with E-state index in [0.717, 1.165) is 10.9 Å². The number of benzene rings is 2. The molecule has 0 saturated carbocycles. The third-order valence-electron chi connectivity index (χ3n) is 3.99. The maximum atomic E-state index is 12.4. The van der Waals surface area contributed by atoms with Gasteiger partial charge in [-0.3, -0.25) is 19.0 Å². The lowest BCUT2D eigenvalue weighted by atomic mass is 10.1. The number of Topliss-reactive ketones (excluding diaryl/α,β-unsaturated/α-hetero) is 1. The Bertz CT molecular complexity index is 956. The number of rotatable bonds is 5. The zero-order valence-electron chi connectivity index (χ0n) is 13.9. The second-order valence-corrected chi connectivity index (χ2v) is 5.82. The Morgan fingerprint density at radius 2 is 1.76 bits per heavy atom. The van der Waals surface area contributed by atoms with Gasteiger partial charge in [0, 0.05) is 35.7 Å². The Balaban J connectivity index is 1.61. The predicted molar refractivity (Wildman–Crippen MR) is 96.9 cm³/mol. The number of amides is 1. The Kier molecular flexibility index (Phi) is 4.75. The van der Waals surface area contributed by atoms with Crippen LogP contribution in [0.5, 0.6) is 0 Å². The topological polar surface area (TPSA) is 68.2 Å². The Morgan fingerprint density at radius 1 is 0.960 bits per heavy atom. The van der Waals surface area contributed by atoms with Crippen LogP contribution in [-0.4, -0.2) is 22.2 Å². The molecule has 0 atom stereocenters. The maximum Gasteiger partial charge on any atom is 0.231 e. The molecule has 126 valence electrons. The van der Waals surface area contributed by atoms with E-state index in [4.69, 9.17) is 0 Å². The van der Waals surface area contributed by atoms with Crippen molar-refractivity contribution in [2.75, 3.05) is 5.32 Å². The lowest BCUT2D eigenvalue weighted by Gasteiger charge is -2.07. The highest BCUT2D eigenvalue weighted by Gasteiger charge is 2.11. The number of carbonyl (C=O) groups excluding carboxylic acids is 3. The average Bonchev–Trinajstić information content (AvgIpc) is 3.04. The number of ketones is 1. The molecule has 1 heterocycles. The number of fused-ring (bicyclic) bond motifs is 1. The van der Waals surface area contributed by atoms with Crippen LogP contribution in [0.2, 0.25) is 0 Å². The molecule has 0 aliphatic rings. The van der Waals surface area contributed by atoms with Crippen molar-refractivity contribution in [3.63, 3.8) is 0 Å². The van der Waals surface area contributed by atoms with Gasteiger partial charge in [0.25, 0.3) is 0 Å². The Morgan fingerprint density at radius 3 is 2.56 bits per heavy atom. The molecule has 3 aromatic rings. The molecule has 1 amide bonds. The molecule has 0 fully saturated rings. The molecule has 0 aliphatic heterocycles. The fourth-order valence-corrected chi connectivity index (χ4v) is 2.68. The number of anilines is 1. The van der Waals surface area contributed by atoms with E-state index in [1.165, 1.54) is 6.92 Å². The van der Waals surface area contributed by atoms with E-state index < -0.39 is 0 Å². The van der Waals surface area contributed by atoms with Gasteiger partial charge >= 0.3 is 0 Å². The van der Waals surface area contributed by atoms with Gasteiger partial charge in [0.2, 0.25) is 11.8 Å². The lowest BCUT2D eigenvalue weighted by molar-refractivity contribution is -0.116. The molecule has 25 heavy (non-hydrogen) atoms. The Hall–Kier alpha value is -3.21. The van der Waals surface area contributed by atoms with Crippen molar-refractivity contribution < 1.29 is 14.4 Å². The highest BCUT2D eigenvalue weighted by molar-refractivity contribution is 5.98. The standard InChI is InChI=1S/C20H18N2O3/c1-14(23)16-6-4-7-17(13-16)21-19(24)9-10-20(25)22-12-11-15-5-2-3-8-18(15)22/h2-8,11-13H,9-10H2,1H3,(H,21,24). The number of carbonyl (C=O) groups is 3. The number of para-hydroxylation sites is 1. The minimum absolute atomic E-state index is 0.0641. The molecule has 3 rings (SSSR count). The maximum absolute atomic E-state index is 12.4. The van der Waals surface area contributed by atoms with Crippen molar-refractivity contribution in [1.29, 1.82) is 0 Å². The van der Waals surface area contributed by atoms with Crippen LogP contribution in [0.15, 0.2) is 60.8 Å². The number of nitrogens with zero attached hydrogens (tertiary/aromatic N) is 1. The number of nitrogens with one attached hydrogen (secondary N) is 1. The molecule has 0 unspecified atom stereocenters. The molecule has 5 heteroatoms. The second-order valence-electron chi connectivity index (χ2n) is 5.82. The fraction of sp³-hybridized carbons (Fsp3) is 0.150. The quantitative estimate of drug-likeness (QED) is 0.720. The van der Waals surface area contributed by atoms with E-state index in [0.29, 0.717) is 11.3 Å². The minimum Gasteiger partial charge on any atom is -0.326 e. The van der Waals surface area contributed by atoms with E-state index >= 15 is 0 Å². The van der Waals surface area contributed by atoms with Gasteiger partial charge in [-0.1, -0.05) is 30.3 Å². The van der Waals surface area contributed by atoms with Crippen molar-refractivity contribution in [2.24, 2.45) is 0 Å². The first-order chi connectivity index (χ1) is 12.0. The third-order valence-corrected chi connectivity index (χ3v) is 3.99. The first-order valence-electron chi connectivity index (χ1n) is 8.05. The summed E-state index contributed by atoms with van der Waals surface area (Å²) < 4.78 is 1.57. The first-order valence-corrected chi connectivity index (χ1v) is 8.05. The van der Waals surface area contributed by atoms with Crippen LogP contribution in [-0.2, 0) is 4.79 Å². The third kappa shape index (κ3) is 3.83. The summed E-state index contributed by atoms with van der Waals surface area (Å²) >= 11 is 0. The van der Waals surface area contributed by atoms with Gasteiger partial charge in [0.1, 0.15) is 0 Å². The summed E-state index contributed by atoms with van der Waals surface area (Å²) in [7, 11) is 0. The molecule has 5 nitrogen and oxygen atoms in total. The monoisotopic (exact) mass is 334 g/mol. The van der Waals surface area contributed by atoms with Crippen molar-refractivity contribution in [1.82, 2.24) is 4.57 Å². The number of hydrogen-bond donors (Lipinski definition) is 1. The van der Waals surface area contributed by atoms with Crippen LogP contribution in [0, 0.1) is 0 Å². The summed E-state index contributed by atoms with van der Waals surface area (Å²) in [5, 5.41) is 3.71. The van der Waals surface area contributed by atoms with Crippen molar-refractivity contribution in [2.45, 2.75) is 19.8 Å². The van der Waals surface area contributed by atoms with Gasteiger partial charge in [-0.25, -0.2) is 0 Å². The SMILES string of the molecule is CC(=O)c1cccc(NC(=O)CCC(=O)n2ccc3ccccc32)c1. The molecule has 2 aromatic carbocycles. The smallest absolute Gasteiger partial charge is 0.231 e. The molecule has 1 N–H and O–H groups in total. The largest absolute Gasteiger partial charge is 0.326 e. The van der Waals surface area contributed by atoms with E-state index in [9.17, 15) is 14.4 Å². The van der Waals surface area contributed by atoms with Gasteiger partial charge in [0.05, 0.1) is 5.52 Å². The van der Waals surface area contributed by atoms with Crippen molar-refractivity contribution in [3.05, 3.63) is 66.4 Å². The first kappa shape index (κ1) is 16.6. The molecule has 0 radical (unpaired) electrons. The van der Waals surface area contributed by atoms with E-state index in [-0.39, 0.29) is 30.4 Å². The van der Waals surface area contributed by atoms with Gasteiger partial charge < -0.3 is 5.32 Å². The summed E-state index contributed by atoms with van der Waals surface area (Å²) in [4.78, 5) is 35.8. The summed E-state index contributed by atoms with van der Waals surface area (Å²) in [6.07, 6.45) is 1.91. The van der Waals surface area contributed by atoms with Crippen LogP contribution in [0.25, 0.3) is 10.9 Å². The van der Waals surface area contributed by atoms with E-state index in [1.807, 2.05) is 30.3 Å². The van der Waals surface area contributed by atoms with Crippen LogP contribution in [0.3, 0.4) is 0 Å². The summed E-state index contributed by atoms with van der Waals surface area (Å²) in [5.41, 5.74) is 1.92. The average molecular weight is 334 g/mol. The van der Waals surface area contributed by atoms with Crippen LogP contribution in [0.1, 0.15) is 34.9 Å². The zero-order chi connectivity index (χ0) is 17.8. The van der Waals surface area contributed by atoms with Crippen molar-refractivity contribution in [3.8, 4) is 0 Å². The Labute approximate surface area is 145 Å². The van der Waals surface area contributed by atoms with Gasteiger partial charge in [-0.15, -0.1) is 0 Å². The van der Waals surface area contributed by atoms with E-state index in [1.54, 1.807) is 35.0 Å². The van der Waals surface area contributed by atoms with Crippen LogP contribution in [0.4, 0.5) is 5.69 Å². The van der Waals surface area contributed by atoms with Crippen molar-refractivity contribution >= 4 is 34.2 Å². The molecule has 0 bridgehead atoms. The van der Waals surface area contributed by atoms with Gasteiger partial charge in [-0.2, -0.15) is 0 Å². The number of hydrogen-bond acceptors (Lipinski definition) is 3. The van der Waals surface area contributed by atoms with Gasteiger partial charge in [0.15, 0.2) is 5.78 Å². The zero-order valence-corrected chi connectivity index (χ0v) is 13.9. The fourth-order valence-electron chi connectivity index (χ4n) is 2.68. The van der Waals surface area contributed by atoms with Crippen LogP contribution < -0.4 is 5.32 Å². The van der Waals surface area contributed by atoms with E-state index in [2.05, 4.69) is 5.32 Å².